The number of rotatable bonds is 1. The van der Waals surface area contributed by atoms with Crippen LogP contribution in [0.5, 0.6) is 5.75 Å². The molecular weight excluding hydrogens is 311 g/mol. The van der Waals surface area contributed by atoms with Gasteiger partial charge in [-0.3, -0.25) is 9.78 Å². The van der Waals surface area contributed by atoms with Gasteiger partial charge in [-0.15, -0.1) is 0 Å². The van der Waals surface area contributed by atoms with Gasteiger partial charge in [-0.2, -0.15) is 5.26 Å². The molecule has 2 aliphatic rings. The number of hydrogen-bond acceptors (Lipinski definition) is 4. The molecule has 1 aromatic heterocycles. The number of ether oxygens (including phenoxy) is 1. The number of halogens is 2. The highest BCUT2D eigenvalue weighted by molar-refractivity contribution is 6.69. The third-order valence-electron chi connectivity index (χ3n) is 5.60. The second-order valence-corrected chi connectivity index (χ2v) is 7.46. The fourth-order valence-corrected chi connectivity index (χ4v) is 3.71. The number of nitrogens with zero attached hydrogens (tertiary/aromatic N) is 3. The van der Waals surface area contributed by atoms with Gasteiger partial charge in [-0.25, -0.2) is 8.78 Å². The van der Waals surface area contributed by atoms with Crippen molar-refractivity contribution in [2.75, 3.05) is 0 Å². The number of carbonyl (C=O) groups is 1. The van der Waals surface area contributed by atoms with Gasteiger partial charge in [0, 0.05) is 35.2 Å². The summed E-state index contributed by atoms with van der Waals surface area (Å²) in [5.74, 6) is -0.216. The van der Waals surface area contributed by atoms with E-state index in [9.17, 15) is 18.8 Å². The molecule has 1 aromatic rings. The van der Waals surface area contributed by atoms with Gasteiger partial charge in [0.1, 0.15) is 40.9 Å². The van der Waals surface area contributed by atoms with Crippen LogP contribution >= 0.6 is 0 Å². The van der Waals surface area contributed by atoms with E-state index >= 15 is 0 Å². The molecule has 2 atom stereocenters. The second kappa shape index (κ2) is 5.01. The Labute approximate surface area is 142 Å². The van der Waals surface area contributed by atoms with Crippen molar-refractivity contribution in [1.29, 1.82) is 5.26 Å². The highest BCUT2D eigenvalue weighted by atomic mass is 19.3. The largest absolute Gasteiger partial charge is 0.503 e. The third kappa shape index (κ3) is 2.01. The molecule has 3 rings (SSSR count). The normalized spacial score (nSPS) is 30.6. The maximum Gasteiger partial charge on any atom is 0.245 e. The second-order valence-electron chi connectivity index (χ2n) is 7.46. The van der Waals surface area contributed by atoms with Gasteiger partial charge in [0.25, 0.3) is 0 Å². The van der Waals surface area contributed by atoms with Crippen molar-refractivity contribution >= 4 is 36.7 Å². The van der Waals surface area contributed by atoms with Crippen LogP contribution < -0.4 is 4.74 Å². The molecule has 0 saturated carbocycles. The zero-order chi connectivity index (χ0) is 17.9. The molecule has 0 spiro atoms. The van der Waals surface area contributed by atoms with E-state index in [0.717, 1.165) is 0 Å². The van der Waals surface area contributed by atoms with E-state index < -0.39 is 28.4 Å². The highest BCUT2D eigenvalue weighted by Crippen LogP contribution is 2.50. The van der Waals surface area contributed by atoms with Gasteiger partial charge in [-0.1, -0.05) is 6.92 Å². The molecule has 0 aromatic carbocycles. The van der Waals surface area contributed by atoms with E-state index in [2.05, 4.69) is 4.98 Å². The van der Waals surface area contributed by atoms with Gasteiger partial charge in [0.2, 0.25) is 12.3 Å². The maximum absolute atomic E-state index is 13.6. The Morgan fingerprint density at radius 2 is 2.12 bits per heavy atom. The zero-order valence-electron chi connectivity index (χ0n) is 14.1. The van der Waals surface area contributed by atoms with Crippen molar-refractivity contribution in [2.45, 2.75) is 35.9 Å². The highest BCUT2D eigenvalue weighted by Gasteiger charge is 2.65. The van der Waals surface area contributed by atoms with Crippen molar-refractivity contribution in [1.82, 2.24) is 9.88 Å². The molecule has 2 aliphatic heterocycles. The van der Waals surface area contributed by atoms with E-state index in [1.807, 2.05) is 6.07 Å². The van der Waals surface area contributed by atoms with Gasteiger partial charge in [0.05, 0.1) is 5.31 Å². The lowest BCUT2D eigenvalue weighted by Gasteiger charge is -2.46. The summed E-state index contributed by atoms with van der Waals surface area (Å²) in [4.78, 5) is 18.3. The van der Waals surface area contributed by atoms with Crippen molar-refractivity contribution in [3.63, 3.8) is 0 Å². The van der Waals surface area contributed by atoms with E-state index in [-0.39, 0.29) is 19.4 Å². The van der Waals surface area contributed by atoms with Gasteiger partial charge in [0.15, 0.2) is 7.28 Å². The van der Waals surface area contributed by atoms with Gasteiger partial charge in [-0.05, 0) is 0 Å². The molecule has 2 unspecified atom stereocenters. The number of amides is 1. The SMILES string of the molecule is BC1(B)Oc2c(C#N)cncc2CN2C(=O)C(C)(C(F)F)BC21B. The average Bonchev–Trinajstić information content (AvgIpc) is 2.66. The Hall–Kier alpha value is -1.97. The van der Waals surface area contributed by atoms with Crippen molar-refractivity contribution in [2.24, 2.45) is 0 Å². The number of alkyl halides is 2. The number of aromatic nitrogens is 1. The summed E-state index contributed by atoms with van der Waals surface area (Å²) < 4.78 is 33.3. The average molecular weight is 327 g/mol. The summed E-state index contributed by atoms with van der Waals surface area (Å²) >= 11 is 0. The van der Waals surface area contributed by atoms with Gasteiger partial charge < -0.3 is 9.64 Å². The van der Waals surface area contributed by atoms with E-state index in [1.165, 1.54) is 24.2 Å². The van der Waals surface area contributed by atoms with Crippen LogP contribution in [0.4, 0.5) is 8.78 Å². The number of fused-ring (bicyclic) bond motifs is 2. The smallest absolute Gasteiger partial charge is 0.245 e. The van der Waals surface area contributed by atoms with Crippen molar-refractivity contribution < 1.29 is 18.3 Å². The Morgan fingerprint density at radius 1 is 1.46 bits per heavy atom. The zero-order valence-corrected chi connectivity index (χ0v) is 14.1. The van der Waals surface area contributed by atoms with Gasteiger partial charge >= 0.3 is 0 Å². The Bertz CT molecular complexity index is 772. The van der Waals surface area contributed by atoms with Crippen LogP contribution in [0.1, 0.15) is 18.1 Å². The quantitative estimate of drug-likeness (QED) is 0.548. The molecular formula is C13H15B4F2N3O2. The first-order valence-electron chi connectivity index (χ1n) is 7.73. The summed E-state index contributed by atoms with van der Waals surface area (Å²) in [7, 11) is 5.28. The molecule has 24 heavy (non-hydrogen) atoms. The molecule has 0 aliphatic carbocycles. The molecule has 11 heteroatoms. The molecule has 0 bridgehead atoms. The monoisotopic (exact) mass is 327 g/mol. The Kier molecular flexibility index (Phi) is 3.52. The standard InChI is InChI=1S/C13H15B4F2N3O2/c1-11(9(18)19)10(23)22-5-7-4-21-3-6(2-20)8(7)24-12(14,15)13(22,16)17-11/h3-4,9,17H,5,14-16H2,1H3. The van der Waals surface area contributed by atoms with Crippen LogP contribution in [0.15, 0.2) is 12.4 Å². The minimum absolute atomic E-state index is 0.0210. The van der Waals surface area contributed by atoms with E-state index in [4.69, 9.17) is 4.74 Å². The van der Waals surface area contributed by atoms with Crippen molar-refractivity contribution in [3.05, 3.63) is 23.5 Å². The summed E-state index contributed by atoms with van der Waals surface area (Å²) in [5.41, 5.74) is 0.826. The van der Waals surface area contributed by atoms with Crippen LogP contribution in [0.3, 0.4) is 0 Å². The predicted octanol–water partition coefficient (Wildman–Crippen LogP) is -2.23. The summed E-state index contributed by atoms with van der Waals surface area (Å²) in [6, 6.07) is 2.03. The molecule has 120 valence electrons. The Balaban J connectivity index is 2.19. The molecule has 5 nitrogen and oxygen atoms in total. The molecule has 1 fully saturated rings. The number of pyridine rings is 1. The lowest BCUT2D eigenvalue weighted by molar-refractivity contribution is -0.138. The predicted molar refractivity (Wildman–Crippen MR) is 92.7 cm³/mol. The van der Waals surface area contributed by atoms with Crippen LogP contribution in [-0.2, 0) is 11.3 Å². The van der Waals surface area contributed by atoms with Crippen LogP contribution in [0.2, 0.25) is 5.31 Å². The Morgan fingerprint density at radius 3 is 2.71 bits per heavy atom. The third-order valence-corrected chi connectivity index (χ3v) is 5.60. The lowest BCUT2D eigenvalue weighted by atomic mass is 9.29. The molecule has 0 N–H and O–H groups in total. The molecule has 0 radical (unpaired) electrons. The molecule has 1 saturated heterocycles. The minimum Gasteiger partial charge on any atom is -0.503 e. The van der Waals surface area contributed by atoms with E-state index in [0.29, 0.717) is 11.3 Å². The fourth-order valence-electron chi connectivity index (χ4n) is 3.71. The maximum atomic E-state index is 13.6. The lowest BCUT2D eigenvalue weighted by Crippen LogP contribution is -2.68. The fraction of sp³-hybridized carbons (Fsp3) is 0.462. The first-order chi connectivity index (χ1) is 11.1. The molecule has 3 heterocycles. The number of nitriles is 1. The summed E-state index contributed by atoms with van der Waals surface area (Å²) in [5, 5.41) is 5.66. The topological polar surface area (TPSA) is 66.2 Å². The van der Waals surface area contributed by atoms with Crippen molar-refractivity contribution in [3.8, 4) is 11.8 Å². The first-order valence-corrected chi connectivity index (χ1v) is 7.73. The summed E-state index contributed by atoms with van der Waals surface area (Å²) in [6.45, 7) is 1.40. The minimum atomic E-state index is -2.76. The molecule has 1 amide bonds. The van der Waals surface area contributed by atoms with Crippen LogP contribution in [0, 0.1) is 11.3 Å². The number of carbonyl (C=O) groups excluding carboxylic acids is 1. The van der Waals surface area contributed by atoms with E-state index in [1.54, 1.807) is 23.5 Å². The number of hydrogen-bond donors (Lipinski definition) is 0. The van der Waals surface area contributed by atoms with Crippen LogP contribution in [0.25, 0.3) is 0 Å². The first kappa shape index (κ1) is 16.9. The summed E-state index contributed by atoms with van der Waals surface area (Å²) in [6.07, 6.45) is 0.162. The van der Waals surface area contributed by atoms with Crippen LogP contribution in [-0.4, -0.2) is 63.8 Å².